The molecule has 0 spiro atoms. The number of amides is 2. The van der Waals surface area contributed by atoms with Gasteiger partial charge in [0, 0.05) is 5.69 Å². The molecule has 0 saturated heterocycles. The minimum Gasteiger partial charge on any atom is -0.328 e. The van der Waals surface area contributed by atoms with Gasteiger partial charge in [0.1, 0.15) is 0 Å². The lowest BCUT2D eigenvalue weighted by molar-refractivity contribution is 0.247. The van der Waals surface area contributed by atoms with Gasteiger partial charge < -0.3 is 10.6 Å². The van der Waals surface area contributed by atoms with Crippen molar-refractivity contribution in [2.45, 2.75) is 51.5 Å². The molecule has 2 aromatic carbocycles. The molecule has 2 amide bonds. The minimum absolute atomic E-state index is 0.0158. The Morgan fingerprint density at radius 1 is 1.00 bits per heavy atom. The molecule has 1 aliphatic carbocycles. The number of benzene rings is 2. The average molecular weight is 322 g/mol. The second kappa shape index (κ2) is 5.97. The number of rotatable bonds is 3. The Kier molecular flexibility index (Phi) is 4.12. The molecule has 0 heterocycles. The van der Waals surface area contributed by atoms with Crippen LogP contribution in [0.2, 0.25) is 0 Å². The van der Waals surface area contributed by atoms with E-state index < -0.39 is 0 Å². The van der Waals surface area contributed by atoms with Gasteiger partial charge in [-0.2, -0.15) is 0 Å². The molecule has 0 aliphatic heterocycles. The van der Waals surface area contributed by atoms with Crippen LogP contribution in [0.3, 0.4) is 0 Å². The summed E-state index contributed by atoms with van der Waals surface area (Å²) in [7, 11) is 0. The summed E-state index contributed by atoms with van der Waals surface area (Å²) in [4.78, 5) is 12.6. The fraction of sp³-hybridized carbons (Fsp3) is 0.381. The van der Waals surface area contributed by atoms with Gasteiger partial charge in [0.2, 0.25) is 0 Å². The molecular formula is C21H26N2O. The molecule has 24 heavy (non-hydrogen) atoms. The van der Waals surface area contributed by atoms with Crippen LogP contribution in [0.5, 0.6) is 0 Å². The fourth-order valence-corrected chi connectivity index (χ4v) is 3.10. The van der Waals surface area contributed by atoms with Crippen molar-refractivity contribution in [2.75, 3.05) is 5.32 Å². The third kappa shape index (κ3) is 3.45. The predicted octanol–water partition coefficient (Wildman–Crippen LogP) is 5.10. The second-order valence-corrected chi connectivity index (χ2v) is 7.82. The van der Waals surface area contributed by atoms with Crippen LogP contribution in [0.25, 0.3) is 0 Å². The van der Waals surface area contributed by atoms with E-state index in [0.29, 0.717) is 0 Å². The summed E-state index contributed by atoms with van der Waals surface area (Å²) >= 11 is 0. The molecule has 0 bridgehead atoms. The van der Waals surface area contributed by atoms with Gasteiger partial charge in [0.05, 0.1) is 5.54 Å². The summed E-state index contributed by atoms with van der Waals surface area (Å²) in [5.41, 5.74) is 4.22. The average Bonchev–Trinajstić information content (AvgIpc) is 3.28. The van der Waals surface area contributed by atoms with Crippen LogP contribution in [0, 0.1) is 6.92 Å². The topological polar surface area (TPSA) is 41.1 Å². The van der Waals surface area contributed by atoms with E-state index in [-0.39, 0.29) is 17.0 Å². The number of aryl methyl sites for hydroxylation is 1. The first-order chi connectivity index (χ1) is 11.3. The van der Waals surface area contributed by atoms with E-state index >= 15 is 0 Å². The molecule has 126 valence electrons. The van der Waals surface area contributed by atoms with Crippen LogP contribution in [-0.4, -0.2) is 6.03 Å². The Morgan fingerprint density at radius 3 is 2.21 bits per heavy atom. The van der Waals surface area contributed by atoms with Crippen molar-refractivity contribution in [3.8, 4) is 0 Å². The van der Waals surface area contributed by atoms with Crippen LogP contribution >= 0.6 is 0 Å². The van der Waals surface area contributed by atoms with Crippen molar-refractivity contribution >= 4 is 11.7 Å². The molecule has 3 heteroatoms. The number of carbonyl (C=O) groups excluding carboxylic acids is 1. The van der Waals surface area contributed by atoms with E-state index in [2.05, 4.69) is 68.7 Å². The van der Waals surface area contributed by atoms with Gasteiger partial charge in [-0.3, -0.25) is 0 Å². The molecule has 3 nitrogen and oxygen atoms in total. The predicted molar refractivity (Wildman–Crippen MR) is 99.4 cm³/mol. The zero-order chi connectivity index (χ0) is 17.4. The maximum Gasteiger partial charge on any atom is 0.319 e. The summed E-state index contributed by atoms with van der Waals surface area (Å²) in [6.45, 7) is 8.53. The van der Waals surface area contributed by atoms with Crippen molar-refractivity contribution in [3.63, 3.8) is 0 Å². The SMILES string of the molecule is Cc1ccc(C2(NC(=O)Nc3ccccc3C(C)(C)C)CC2)cc1. The van der Waals surface area contributed by atoms with Crippen LogP contribution < -0.4 is 10.6 Å². The number of hydrogen-bond acceptors (Lipinski definition) is 1. The largest absolute Gasteiger partial charge is 0.328 e. The lowest BCUT2D eigenvalue weighted by atomic mass is 9.86. The minimum atomic E-state index is -0.200. The number of urea groups is 1. The van der Waals surface area contributed by atoms with E-state index in [9.17, 15) is 4.79 Å². The molecule has 2 aromatic rings. The van der Waals surface area contributed by atoms with Crippen molar-refractivity contribution in [1.82, 2.24) is 5.32 Å². The monoisotopic (exact) mass is 322 g/mol. The smallest absolute Gasteiger partial charge is 0.319 e. The number of anilines is 1. The highest BCUT2D eigenvalue weighted by atomic mass is 16.2. The molecule has 2 N–H and O–H groups in total. The molecule has 0 aromatic heterocycles. The zero-order valence-electron chi connectivity index (χ0n) is 14.9. The number of carbonyl (C=O) groups is 1. The maximum absolute atomic E-state index is 12.6. The first-order valence-electron chi connectivity index (χ1n) is 8.56. The Hall–Kier alpha value is -2.29. The standard InChI is InChI=1S/C21H26N2O/c1-15-9-11-16(12-10-15)21(13-14-21)23-19(24)22-18-8-6-5-7-17(18)20(2,3)4/h5-12H,13-14H2,1-4H3,(H2,22,23,24). The molecular weight excluding hydrogens is 296 g/mol. The van der Waals surface area contributed by atoms with Crippen LogP contribution in [0.15, 0.2) is 48.5 Å². The quantitative estimate of drug-likeness (QED) is 0.810. The van der Waals surface area contributed by atoms with Crippen LogP contribution in [0.1, 0.15) is 50.3 Å². The summed E-state index contributed by atoms with van der Waals surface area (Å²) < 4.78 is 0. The van der Waals surface area contributed by atoms with Crippen molar-refractivity contribution in [3.05, 3.63) is 65.2 Å². The zero-order valence-corrected chi connectivity index (χ0v) is 14.9. The van der Waals surface area contributed by atoms with Gasteiger partial charge in [-0.05, 0) is 42.4 Å². The Labute approximate surface area is 144 Å². The van der Waals surface area contributed by atoms with Crippen LogP contribution in [-0.2, 0) is 11.0 Å². The number of hydrogen-bond donors (Lipinski definition) is 2. The summed E-state index contributed by atoms with van der Waals surface area (Å²) in [6, 6.07) is 16.3. The van der Waals surface area contributed by atoms with Gasteiger partial charge >= 0.3 is 6.03 Å². The van der Waals surface area contributed by atoms with Gasteiger partial charge in [-0.15, -0.1) is 0 Å². The van der Waals surface area contributed by atoms with E-state index in [0.717, 1.165) is 24.1 Å². The van der Waals surface area contributed by atoms with Crippen LogP contribution in [0.4, 0.5) is 10.5 Å². The maximum atomic E-state index is 12.6. The van der Waals surface area contributed by atoms with Gasteiger partial charge in [0.15, 0.2) is 0 Å². The molecule has 0 radical (unpaired) electrons. The molecule has 1 saturated carbocycles. The normalized spacial score (nSPS) is 15.7. The van der Waals surface area contributed by atoms with Gasteiger partial charge in [-0.25, -0.2) is 4.79 Å². The van der Waals surface area contributed by atoms with E-state index in [1.54, 1.807) is 0 Å². The van der Waals surface area contributed by atoms with Gasteiger partial charge in [-0.1, -0.05) is 68.8 Å². The Morgan fingerprint density at radius 2 is 1.62 bits per heavy atom. The van der Waals surface area contributed by atoms with E-state index in [4.69, 9.17) is 0 Å². The van der Waals surface area contributed by atoms with Crippen molar-refractivity contribution in [2.24, 2.45) is 0 Å². The highest BCUT2D eigenvalue weighted by molar-refractivity contribution is 5.91. The first-order valence-corrected chi connectivity index (χ1v) is 8.56. The Balaban J connectivity index is 1.74. The number of para-hydroxylation sites is 1. The Bertz CT molecular complexity index is 737. The molecule has 1 aliphatic rings. The van der Waals surface area contributed by atoms with E-state index in [1.807, 2.05) is 18.2 Å². The summed E-state index contributed by atoms with van der Waals surface area (Å²) in [5, 5.41) is 6.22. The number of nitrogens with one attached hydrogen (secondary N) is 2. The fourth-order valence-electron chi connectivity index (χ4n) is 3.10. The van der Waals surface area contributed by atoms with E-state index in [1.165, 1.54) is 11.1 Å². The van der Waals surface area contributed by atoms with Crippen molar-refractivity contribution < 1.29 is 4.79 Å². The van der Waals surface area contributed by atoms with Crippen molar-refractivity contribution in [1.29, 1.82) is 0 Å². The molecule has 0 unspecified atom stereocenters. The summed E-state index contributed by atoms with van der Waals surface area (Å²) in [6.07, 6.45) is 1.98. The lowest BCUT2D eigenvalue weighted by Gasteiger charge is -2.24. The van der Waals surface area contributed by atoms with Gasteiger partial charge in [0.25, 0.3) is 0 Å². The highest BCUT2D eigenvalue weighted by Crippen LogP contribution is 2.45. The summed E-state index contributed by atoms with van der Waals surface area (Å²) in [5.74, 6) is 0. The molecule has 1 fully saturated rings. The first kappa shape index (κ1) is 16.6. The highest BCUT2D eigenvalue weighted by Gasteiger charge is 2.45. The molecule has 0 atom stereocenters. The molecule has 3 rings (SSSR count). The third-order valence-electron chi connectivity index (χ3n) is 4.69. The third-order valence-corrected chi connectivity index (χ3v) is 4.69. The lowest BCUT2D eigenvalue weighted by Crippen LogP contribution is -2.38. The second-order valence-electron chi connectivity index (χ2n) is 7.82.